The Labute approximate surface area is 63.9 Å². The molecule has 0 spiro atoms. The van der Waals surface area contributed by atoms with Gasteiger partial charge in [0.15, 0.2) is 0 Å². The van der Waals surface area contributed by atoms with Gasteiger partial charge in [0.25, 0.3) is 0 Å². The van der Waals surface area contributed by atoms with E-state index in [1.807, 2.05) is 0 Å². The summed E-state index contributed by atoms with van der Waals surface area (Å²) in [6.45, 7) is 8.00. The molecule has 0 saturated heterocycles. The van der Waals surface area contributed by atoms with E-state index >= 15 is 0 Å². The average molecular weight is 144 g/mol. The zero-order chi connectivity index (χ0) is 7.82. The van der Waals surface area contributed by atoms with E-state index in [4.69, 9.17) is 4.84 Å². The first-order chi connectivity index (χ1) is 4.77. The van der Waals surface area contributed by atoms with Gasteiger partial charge >= 0.3 is 0 Å². The van der Waals surface area contributed by atoms with Crippen molar-refractivity contribution < 1.29 is 4.84 Å². The molecule has 0 saturated carbocycles. The van der Waals surface area contributed by atoms with E-state index < -0.39 is 0 Å². The highest BCUT2D eigenvalue weighted by atomic mass is 16.6. The molecule has 0 rings (SSSR count). The first-order valence-electron chi connectivity index (χ1n) is 4.06. The maximum absolute atomic E-state index is 5.02. The van der Waals surface area contributed by atoms with Gasteiger partial charge in [0.2, 0.25) is 0 Å². The molecular formula is C8H18NO. The number of hydrogen-bond acceptors (Lipinski definition) is 1. The van der Waals surface area contributed by atoms with Crippen LogP contribution in [0.25, 0.3) is 0 Å². The molecule has 0 aromatic heterocycles. The summed E-state index contributed by atoms with van der Waals surface area (Å²) in [6, 6.07) is 0. The molecule has 0 N–H and O–H groups in total. The molecule has 61 valence electrons. The van der Waals surface area contributed by atoms with E-state index in [1.165, 1.54) is 6.42 Å². The van der Waals surface area contributed by atoms with Crippen molar-refractivity contribution in [2.45, 2.75) is 33.6 Å². The summed E-state index contributed by atoms with van der Waals surface area (Å²) in [5, 5.41) is 0. The second kappa shape index (κ2) is 7.03. The molecule has 0 bridgehead atoms. The third kappa shape index (κ3) is 7.92. The number of nitrogens with zero attached hydrogens (tertiary/aromatic N) is 1. The summed E-state index contributed by atoms with van der Waals surface area (Å²) in [6.07, 6.45) is 2.33. The minimum Gasteiger partial charge on any atom is -0.282 e. The topological polar surface area (TPSA) is 23.3 Å². The van der Waals surface area contributed by atoms with Crippen molar-refractivity contribution in [1.82, 2.24) is 5.48 Å². The van der Waals surface area contributed by atoms with Gasteiger partial charge in [-0.15, -0.1) is 0 Å². The summed E-state index contributed by atoms with van der Waals surface area (Å²) in [4.78, 5) is 5.02. The van der Waals surface area contributed by atoms with Crippen LogP contribution in [0.5, 0.6) is 0 Å². The van der Waals surface area contributed by atoms with Crippen LogP contribution < -0.4 is 5.48 Å². The molecule has 0 aliphatic rings. The predicted molar refractivity (Wildman–Crippen MR) is 42.7 cm³/mol. The average Bonchev–Trinajstić information content (AvgIpc) is 1.87. The lowest BCUT2D eigenvalue weighted by Gasteiger charge is -2.03. The van der Waals surface area contributed by atoms with Crippen LogP contribution in [0.4, 0.5) is 0 Å². The minimum atomic E-state index is 0.588. The molecule has 0 heterocycles. The zero-order valence-corrected chi connectivity index (χ0v) is 7.26. The SMILES string of the molecule is CCCC[N]OCC(C)C. The van der Waals surface area contributed by atoms with Crippen molar-refractivity contribution in [1.29, 1.82) is 0 Å². The lowest BCUT2D eigenvalue weighted by molar-refractivity contribution is 0.0157. The van der Waals surface area contributed by atoms with E-state index in [0.29, 0.717) is 5.92 Å². The molecule has 2 nitrogen and oxygen atoms in total. The summed E-state index contributed by atoms with van der Waals surface area (Å²) < 4.78 is 0. The van der Waals surface area contributed by atoms with E-state index in [9.17, 15) is 0 Å². The van der Waals surface area contributed by atoms with Gasteiger partial charge in [-0.1, -0.05) is 32.7 Å². The fourth-order valence-electron chi connectivity index (χ4n) is 0.489. The molecule has 1 radical (unpaired) electrons. The highest BCUT2D eigenvalue weighted by molar-refractivity contribution is 4.38. The van der Waals surface area contributed by atoms with Crippen molar-refractivity contribution in [3.63, 3.8) is 0 Å². The fraction of sp³-hybridized carbons (Fsp3) is 1.00. The Morgan fingerprint density at radius 3 is 2.60 bits per heavy atom. The molecule has 0 atom stereocenters. The summed E-state index contributed by atoms with van der Waals surface area (Å²) in [5.41, 5.74) is 3.90. The smallest absolute Gasteiger partial charge is 0.0725 e. The van der Waals surface area contributed by atoms with Crippen LogP contribution in [0.2, 0.25) is 0 Å². The van der Waals surface area contributed by atoms with Gasteiger partial charge < -0.3 is 0 Å². The highest BCUT2D eigenvalue weighted by Crippen LogP contribution is 1.91. The molecule has 0 fully saturated rings. The Balaban J connectivity index is 2.77. The third-order valence-electron chi connectivity index (χ3n) is 1.10. The quantitative estimate of drug-likeness (QED) is 0.413. The van der Waals surface area contributed by atoms with E-state index in [-0.39, 0.29) is 0 Å². The van der Waals surface area contributed by atoms with Gasteiger partial charge in [-0.2, -0.15) is 0 Å². The van der Waals surface area contributed by atoms with E-state index in [2.05, 4.69) is 26.3 Å². The largest absolute Gasteiger partial charge is 0.282 e. The van der Waals surface area contributed by atoms with Crippen LogP contribution in [-0.4, -0.2) is 13.2 Å². The Bertz CT molecular complexity index is 64.3. The molecule has 0 aliphatic carbocycles. The Morgan fingerprint density at radius 1 is 1.40 bits per heavy atom. The van der Waals surface area contributed by atoms with Crippen LogP contribution in [0.3, 0.4) is 0 Å². The van der Waals surface area contributed by atoms with Crippen molar-refractivity contribution in [3.8, 4) is 0 Å². The number of hydrogen-bond donors (Lipinski definition) is 0. The Morgan fingerprint density at radius 2 is 2.10 bits per heavy atom. The molecule has 0 aromatic rings. The lowest BCUT2D eigenvalue weighted by Crippen LogP contribution is -2.11. The molecular weight excluding hydrogens is 126 g/mol. The van der Waals surface area contributed by atoms with Crippen LogP contribution >= 0.6 is 0 Å². The first kappa shape index (κ1) is 9.92. The normalized spacial score (nSPS) is 10.8. The van der Waals surface area contributed by atoms with Gasteiger partial charge in [0.05, 0.1) is 6.61 Å². The summed E-state index contributed by atoms with van der Waals surface area (Å²) in [7, 11) is 0. The Hall–Kier alpha value is -0.0800. The number of unbranched alkanes of at least 4 members (excludes halogenated alkanes) is 1. The molecule has 2 heteroatoms. The third-order valence-corrected chi connectivity index (χ3v) is 1.10. The van der Waals surface area contributed by atoms with E-state index in [0.717, 1.165) is 19.6 Å². The van der Waals surface area contributed by atoms with Crippen molar-refractivity contribution in [2.75, 3.05) is 13.2 Å². The summed E-state index contributed by atoms with van der Waals surface area (Å²) in [5.74, 6) is 0.588. The molecule has 0 aliphatic heterocycles. The first-order valence-corrected chi connectivity index (χ1v) is 4.06. The minimum absolute atomic E-state index is 0.588. The van der Waals surface area contributed by atoms with Gasteiger partial charge in [-0.25, -0.2) is 0 Å². The summed E-state index contributed by atoms with van der Waals surface area (Å²) >= 11 is 0. The van der Waals surface area contributed by atoms with Crippen molar-refractivity contribution in [2.24, 2.45) is 5.92 Å². The fourth-order valence-corrected chi connectivity index (χ4v) is 0.489. The zero-order valence-electron chi connectivity index (χ0n) is 7.26. The van der Waals surface area contributed by atoms with E-state index in [1.54, 1.807) is 0 Å². The van der Waals surface area contributed by atoms with Crippen LogP contribution in [-0.2, 0) is 4.84 Å². The van der Waals surface area contributed by atoms with Gasteiger partial charge in [-0.05, 0) is 12.3 Å². The Kier molecular flexibility index (Phi) is 6.98. The maximum Gasteiger partial charge on any atom is 0.0725 e. The molecule has 0 unspecified atom stereocenters. The number of hydroxylamine groups is 1. The van der Waals surface area contributed by atoms with Crippen LogP contribution in [0, 0.1) is 5.92 Å². The second-order valence-electron chi connectivity index (χ2n) is 2.90. The number of rotatable bonds is 6. The lowest BCUT2D eigenvalue weighted by atomic mass is 10.2. The molecule has 10 heavy (non-hydrogen) atoms. The van der Waals surface area contributed by atoms with Crippen molar-refractivity contribution >= 4 is 0 Å². The van der Waals surface area contributed by atoms with Gasteiger partial charge in [-0.3, -0.25) is 4.84 Å². The maximum atomic E-state index is 5.02. The second-order valence-corrected chi connectivity index (χ2v) is 2.90. The van der Waals surface area contributed by atoms with Crippen molar-refractivity contribution in [3.05, 3.63) is 0 Å². The van der Waals surface area contributed by atoms with Crippen LogP contribution in [0.1, 0.15) is 33.6 Å². The predicted octanol–water partition coefficient (Wildman–Crippen LogP) is 1.98. The highest BCUT2D eigenvalue weighted by Gasteiger charge is 1.93. The van der Waals surface area contributed by atoms with Gasteiger partial charge in [0.1, 0.15) is 0 Å². The standard InChI is InChI=1S/C8H18NO/c1-4-5-6-9-10-7-8(2)3/h8H,4-7H2,1-3H3. The monoisotopic (exact) mass is 144 g/mol. The van der Waals surface area contributed by atoms with Gasteiger partial charge in [0, 0.05) is 6.54 Å². The molecule has 0 aromatic carbocycles. The van der Waals surface area contributed by atoms with Crippen LogP contribution in [0.15, 0.2) is 0 Å². The molecule has 0 amide bonds.